The highest BCUT2D eigenvalue weighted by Crippen LogP contribution is 2.37. The molecule has 0 saturated carbocycles. The van der Waals surface area contributed by atoms with Crippen molar-refractivity contribution in [3.8, 4) is 6.07 Å². The highest BCUT2D eigenvalue weighted by molar-refractivity contribution is 7.12. The summed E-state index contributed by atoms with van der Waals surface area (Å²) in [4.78, 5) is 15.9. The molecule has 7 heteroatoms. The Labute approximate surface area is 145 Å². The van der Waals surface area contributed by atoms with Crippen LogP contribution in [0.15, 0.2) is 18.3 Å². The lowest BCUT2D eigenvalue weighted by molar-refractivity contribution is -0.127. The lowest BCUT2D eigenvalue weighted by Gasteiger charge is -2.25. The summed E-state index contributed by atoms with van der Waals surface area (Å²) in [6, 6.07) is 6.04. The summed E-state index contributed by atoms with van der Waals surface area (Å²) in [5, 5.41) is 16.7. The molecule has 3 heterocycles. The van der Waals surface area contributed by atoms with Crippen molar-refractivity contribution < 1.29 is 4.79 Å². The fraction of sp³-hybridized carbons (Fsp3) is 0.471. The third kappa shape index (κ3) is 3.07. The van der Waals surface area contributed by atoms with E-state index in [0.717, 1.165) is 34.1 Å². The van der Waals surface area contributed by atoms with Crippen LogP contribution in [-0.4, -0.2) is 34.2 Å². The number of nitriles is 1. The summed E-state index contributed by atoms with van der Waals surface area (Å²) in [5.74, 6) is 0.402. The molecule has 1 amide bonds. The van der Waals surface area contributed by atoms with Gasteiger partial charge in [-0.3, -0.25) is 9.48 Å². The Bertz CT molecular complexity index is 787. The van der Waals surface area contributed by atoms with Gasteiger partial charge in [0.15, 0.2) is 0 Å². The maximum absolute atomic E-state index is 12.2. The van der Waals surface area contributed by atoms with Gasteiger partial charge in [0, 0.05) is 55.7 Å². The van der Waals surface area contributed by atoms with E-state index < -0.39 is 0 Å². The summed E-state index contributed by atoms with van der Waals surface area (Å²) in [6.07, 6.45) is 2.43. The van der Waals surface area contributed by atoms with Crippen LogP contribution in [0.25, 0.3) is 0 Å². The number of aryl methyl sites for hydroxylation is 1. The second-order valence-electron chi connectivity index (χ2n) is 6.23. The minimum Gasteiger partial charge on any atom is -0.338 e. The van der Waals surface area contributed by atoms with Crippen LogP contribution in [0.4, 0.5) is 0 Å². The number of likely N-dealkylation sites (tertiary alicyclic amines) is 1. The number of amides is 1. The Kier molecular flexibility index (Phi) is 4.69. The van der Waals surface area contributed by atoms with Crippen LogP contribution in [-0.2, 0) is 18.4 Å². The van der Waals surface area contributed by atoms with Crippen molar-refractivity contribution >= 4 is 17.2 Å². The Balaban J connectivity index is 1.68. The summed E-state index contributed by atoms with van der Waals surface area (Å²) >= 11 is 1.51. The zero-order valence-corrected chi connectivity index (χ0v) is 14.9. The van der Waals surface area contributed by atoms with Crippen molar-refractivity contribution in [1.82, 2.24) is 20.0 Å². The van der Waals surface area contributed by atoms with E-state index in [-0.39, 0.29) is 17.9 Å². The average Bonchev–Trinajstić information content (AvgIpc) is 3.22. The molecule has 0 bridgehead atoms. The first-order valence-corrected chi connectivity index (χ1v) is 8.76. The fourth-order valence-corrected chi connectivity index (χ4v) is 4.09. The first-order chi connectivity index (χ1) is 11.5. The third-order valence-electron chi connectivity index (χ3n) is 4.76. The zero-order chi connectivity index (χ0) is 17.3. The van der Waals surface area contributed by atoms with Crippen LogP contribution in [0, 0.1) is 24.2 Å². The van der Waals surface area contributed by atoms with Crippen molar-refractivity contribution in [2.45, 2.75) is 25.9 Å². The Morgan fingerprint density at radius 1 is 1.46 bits per heavy atom. The Hall–Kier alpha value is -2.17. The van der Waals surface area contributed by atoms with Crippen LogP contribution in [0.5, 0.6) is 0 Å². The van der Waals surface area contributed by atoms with Crippen molar-refractivity contribution in [2.75, 3.05) is 13.6 Å². The summed E-state index contributed by atoms with van der Waals surface area (Å²) in [6.45, 7) is 3.52. The molecule has 0 aromatic carbocycles. The Morgan fingerprint density at radius 2 is 2.25 bits per heavy atom. The number of thiophene rings is 1. The quantitative estimate of drug-likeness (QED) is 0.901. The van der Waals surface area contributed by atoms with E-state index in [9.17, 15) is 4.79 Å². The van der Waals surface area contributed by atoms with E-state index >= 15 is 0 Å². The molecule has 0 aliphatic carbocycles. The van der Waals surface area contributed by atoms with Gasteiger partial charge in [-0.25, -0.2) is 0 Å². The second kappa shape index (κ2) is 6.75. The van der Waals surface area contributed by atoms with Crippen LogP contribution in [0.3, 0.4) is 0 Å². The number of aromatic nitrogens is 2. The van der Waals surface area contributed by atoms with Crippen LogP contribution >= 0.6 is 11.3 Å². The SMILES string of the molecule is Cc1c([C@H]2[C@H](CNCc3ccc(C#N)s3)CC(=O)N2C)cnn1C. The molecule has 1 fully saturated rings. The molecule has 1 aliphatic rings. The molecule has 24 heavy (non-hydrogen) atoms. The van der Waals surface area contributed by atoms with E-state index in [1.54, 1.807) is 0 Å². The van der Waals surface area contributed by atoms with Gasteiger partial charge >= 0.3 is 0 Å². The highest BCUT2D eigenvalue weighted by atomic mass is 32.1. The van der Waals surface area contributed by atoms with Crippen molar-refractivity contribution in [3.05, 3.63) is 39.3 Å². The van der Waals surface area contributed by atoms with Gasteiger partial charge in [0.1, 0.15) is 10.9 Å². The standard InChI is InChI=1S/C17H21N5OS/c1-11-15(10-20-22(11)3)17-12(6-16(23)21(17)2)8-19-9-14-5-4-13(7-18)24-14/h4-5,10,12,17,19H,6,8-9H2,1-3H3/t12-,17+/m0/s1. The summed E-state index contributed by atoms with van der Waals surface area (Å²) in [7, 11) is 3.80. The first kappa shape index (κ1) is 16.7. The minimum absolute atomic E-state index is 0.0664. The van der Waals surface area contributed by atoms with E-state index in [4.69, 9.17) is 5.26 Å². The number of hydrogen-bond donors (Lipinski definition) is 1. The van der Waals surface area contributed by atoms with E-state index in [1.165, 1.54) is 11.3 Å². The fourth-order valence-electron chi connectivity index (χ4n) is 3.32. The van der Waals surface area contributed by atoms with Gasteiger partial charge in [-0.15, -0.1) is 11.3 Å². The number of carbonyl (C=O) groups excluding carboxylic acids is 1. The lowest BCUT2D eigenvalue weighted by atomic mass is 9.94. The molecular formula is C17H21N5OS. The molecule has 0 spiro atoms. The molecule has 0 radical (unpaired) electrons. The molecule has 1 saturated heterocycles. The van der Waals surface area contributed by atoms with Gasteiger partial charge in [-0.1, -0.05) is 0 Å². The number of hydrogen-bond acceptors (Lipinski definition) is 5. The van der Waals surface area contributed by atoms with Crippen LogP contribution < -0.4 is 5.32 Å². The minimum atomic E-state index is 0.0664. The molecule has 1 aliphatic heterocycles. The average molecular weight is 343 g/mol. The largest absolute Gasteiger partial charge is 0.338 e. The maximum atomic E-state index is 12.2. The monoisotopic (exact) mass is 343 g/mol. The van der Waals surface area contributed by atoms with E-state index in [1.807, 2.05) is 48.9 Å². The van der Waals surface area contributed by atoms with Gasteiger partial charge in [0.2, 0.25) is 5.91 Å². The molecule has 6 nitrogen and oxygen atoms in total. The number of rotatable bonds is 5. The van der Waals surface area contributed by atoms with E-state index in [0.29, 0.717) is 6.42 Å². The van der Waals surface area contributed by atoms with Gasteiger partial charge < -0.3 is 10.2 Å². The smallest absolute Gasteiger partial charge is 0.223 e. The molecule has 1 N–H and O–H groups in total. The Morgan fingerprint density at radius 3 is 2.88 bits per heavy atom. The number of nitrogens with one attached hydrogen (secondary N) is 1. The van der Waals surface area contributed by atoms with E-state index in [2.05, 4.69) is 16.5 Å². The normalized spacial score (nSPS) is 20.6. The second-order valence-corrected chi connectivity index (χ2v) is 7.40. The van der Waals surface area contributed by atoms with Gasteiger partial charge in [0.25, 0.3) is 0 Å². The van der Waals surface area contributed by atoms with Crippen LogP contribution in [0.2, 0.25) is 0 Å². The van der Waals surface area contributed by atoms with Crippen molar-refractivity contribution in [1.29, 1.82) is 5.26 Å². The summed E-state index contributed by atoms with van der Waals surface area (Å²) < 4.78 is 1.85. The molecule has 126 valence electrons. The van der Waals surface area contributed by atoms with Crippen LogP contribution in [0.1, 0.15) is 33.5 Å². The maximum Gasteiger partial charge on any atom is 0.223 e. The third-order valence-corrected chi connectivity index (χ3v) is 5.75. The van der Waals surface area contributed by atoms with Gasteiger partial charge in [-0.05, 0) is 19.1 Å². The number of nitrogens with zero attached hydrogens (tertiary/aromatic N) is 4. The van der Waals surface area contributed by atoms with Crippen molar-refractivity contribution in [2.24, 2.45) is 13.0 Å². The summed E-state index contributed by atoms with van der Waals surface area (Å²) in [5.41, 5.74) is 2.23. The first-order valence-electron chi connectivity index (χ1n) is 7.95. The number of carbonyl (C=O) groups is 1. The molecule has 2 atom stereocenters. The van der Waals surface area contributed by atoms with Gasteiger partial charge in [-0.2, -0.15) is 10.4 Å². The van der Waals surface area contributed by atoms with Gasteiger partial charge in [0.05, 0.1) is 12.2 Å². The lowest BCUT2D eigenvalue weighted by Crippen LogP contribution is -2.29. The topological polar surface area (TPSA) is 74.0 Å². The molecule has 0 unspecified atom stereocenters. The predicted octanol–water partition coefficient (Wildman–Crippen LogP) is 1.97. The predicted molar refractivity (Wildman–Crippen MR) is 92.3 cm³/mol. The molecule has 2 aromatic heterocycles. The molecular weight excluding hydrogens is 322 g/mol. The molecule has 2 aromatic rings. The van der Waals surface area contributed by atoms with Crippen molar-refractivity contribution in [3.63, 3.8) is 0 Å². The zero-order valence-electron chi connectivity index (χ0n) is 14.1. The molecule has 3 rings (SSSR count). The highest BCUT2D eigenvalue weighted by Gasteiger charge is 2.39.